The monoisotopic (exact) mass is 387 g/mol. The molecule has 148 valence electrons. The van der Waals surface area contributed by atoms with E-state index in [1.807, 2.05) is 73.1 Å². The summed E-state index contributed by atoms with van der Waals surface area (Å²) in [4.78, 5) is 20.9. The molecule has 0 fully saturated rings. The summed E-state index contributed by atoms with van der Waals surface area (Å²) >= 11 is 0. The van der Waals surface area contributed by atoms with Gasteiger partial charge in [0.05, 0.1) is 28.5 Å². The molecule has 2 aromatic carbocycles. The number of nitrogens with zero attached hydrogens (tertiary/aromatic N) is 3. The highest BCUT2D eigenvalue weighted by molar-refractivity contribution is 5.94. The molecule has 29 heavy (non-hydrogen) atoms. The van der Waals surface area contributed by atoms with Crippen molar-refractivity contribution in [2.75, 3.05) is 0 Å². The summed E-state index contributed by atoms with van der Waals surface area (Å²) < 4.78 is 1.88. The summed E-state index contributed by atoms with van der Waals surface area (Å²) in [6, 6.07) is 17.2. The van der Waals surface area contributed by atoms with Crippen LogP contribution in [-0.2, 0) is 0 Å². The van der Waals surface area contributed by atoms with Crippen LogP contribution in [0.15, 0.2) is 54.6 Å². The van der Waals surface area contributed by atoms with Gasteiger partial charge in [0.25, 0.3) is 5.91 Å². The molecule has 1 unspecified atom stereocenters. The number of para-hydroxylation sites is 2. The van der Waals surface area contributed by atoms with Crippen molar-refractivity contribution < 1.29 is 4.79 Å². The molecule has 0 aliphatic rings. The predicted octanol–water partition coefficient (Wildman–Crippen LogP) is 4.49. The molecule has 1 amide bonds. The number of fused-ring (bicyclic) bond motifs is 1. The molecule has 0 saturated carbocycles. The zero-order valence-corrected chi connectivity index (χ0v) is 17.1. The molecule has 0 aliphatic carbocycles. The fourth-order valence-electron chi connectivity index (χ4n) is 3.54. The number of rotatable bonds is 5. The highest BCUT2D eigenvalue weighted by Gasteiger charge is 2.22. The number of aromatic nitrogens is 4. The molecule has 0 saturated heterocycles. The third kappa shape index (κ3) is 3.78. The molecule has 0 spiro atoms. The first-order valence-corrected chi connectivity index (χ1v) is 9.81. The van der Waals surface area contributed by atoms with Crippen LogP contribution in [0, 0.1) is 19.8 Å². The number of carbonyl (C=O) groups is 1. The molecule has 0 radical (unpaired) electrons. The first kappa shape index (κ1) is 18.9. The second-order valence-electron chi connectivity index (χ2n) is 7.72. The van der Waals surface area contributed by atoms with Crippen LogP contribution in [0.2, 0.25) is 0 Å². The van der Waals surface area contributed by atoms with Crippen LogP contribution in [0.3, 0.4) is 0 Å². The first-order chi connectivity index (χ1) is 13.9. The van der Waals surface area contributed by atoms with Crippen molar-refractivity contribution in [1.82, 2.24) is 25.1 Å². The van der Waals surface area contributed by atoms with Crippen LogP contribution in [-0.4, -0.2) is 25.7 Å². The molecule has 2 N–H and O–H groups in total. The molecule has 4 rings (SSSR count). The Labute approximate surface area is 170 Å². The van der Waals surface area contributed by atoms with Gasteiger partial charge in [0, 0.05) is 11.3 Å². The zero-order chi connectivity index (χ0) is 20.5. The minimum Gasteiger partial charge on any atom is -0.342 e. The summed E-state index contributed by atoms with van der Waals surface area (Å²) in [6.45, 7) is 8.13. The van der Waals surface area contributed by atoms with Crippen LogP contribution in [0.5, 0.6) is 0 Å². The van der Waals surface area contributed by atoms with Gasteiger partial charge in [0.1, 0.15) is 5.82 Å². The quantitative estimate of drug-likeness (QED) is 0.530. The fraction of sp³-hybridized carbons (Fsp3) is 0.261. The van der Waals surface area contributed by atoms with E-state index in [1.54, 1.807) is 0 Å². The standard InChI is InChI=1S/C23H25N5O/c1-14(2)21(22-24-19-7-5-6-8-20(19)25-22)26-23(29)17-9-11-18(12-10-17)28-16(4)13-15(3)27-28/h5-14,21H,1-4H3,(H,24,25)(H,26,29). The number of aromatic amines is 1. The van der Waals surface area contributed by atoms with E-state index in [0.29, 0.717) is 5.56 Å². The van der Waals surface area contributed by atoms with Gasteiger partial charge in [-0.3, -0.25) is 4.79 Å². The minimum absolute atomic E-state index is 0.121. The summed E-state index contributed by atoms with van der Waals surface area (Å²) in [7, 11) is 0. The van der Waals surface area contributed by atoms with Crippen molar-refractivity contribution in [3.8, 4) is 5.69 Å². The Morgan fingerprint density at radius 1 is 1.07 bits per heavy atom. The normalized spacial score (nSPS) is 12.4. The molecule has 2 aromatic heterocycles. The number of nitrogens with one attached hydrogen (secondary N) is 2. The van der Waals surface area contributed by atoms with Crippen molar-refractivity contribution in [1.29, 1.82) is 0 Å². The Bertz CT molecular complexity index is 1120. The first-order valence-electron chi connectivity index (χ1n) is 9.81. The third-order valence-electron chi connectivity index (χ3n) is 5.04. The number of amides is 1. The number of hydrogen-bond donors (Lipinski definition) is 2. The molecular weight excluding hydrogens is 362 g/mol. The molecule has 0 bridgehead atoms. The van der Waals surface area contributed by atoms with E-state index >= 15 is 0 Å². The van der Waals surface area contributed by atoms with Crippen molar-refractivity contribution >= 4 is 16.9 Å². The number of H-pyrrole nitrogens is 1. The number of benzene rings is 2. The molecule has 1 atom stereocenters. The van der Waals surface area contributed by atoms with E-state index in [4.69, 9.17) is 0 Å². The highest BCUT2D eigenvalue weighted by atomic mass is 16.1. The van der Waals surface area contributed by atoms with E-state index in [1.165, 1.54) is 0 Å². The smallest absolute Gasteiger partial charge is 0.251 e. The van der Waals surface area contributed by atoms with Crippen LogP contribution in [0.25, 0.3) is 16.7 Å². The minimum atomic E-state index is -0.203. The lowest BCUT2D eigenvalue weighted by Gasteiger charge is -2.20. The second-order valence-corrected chi connectivity index (χ2v) is 7.72. The van der Waals surface area contributed by atoms with Gasteiger partial charge in [-0.15, -0.1) is 0 Å². The van der Waals surface area contributed by atoms with Crippen molar-refractivity contribution in [2.45, 2.75) is 33.7 Å². The summed E-state index contributed by atoms with van der Waals surface area (Å²) in [6.07, 6.45) is 0. The van der Waals surface area contributed by atoms with Crippen molar-refractivity contribution in [3.05, 3.63) is 77.4 Å². The summed E-state index contributed by atoms with van der Waals surface area (Å²) in [5, 5.41) is 7.62. The summed E-state index contributed by atoms with van der Waals surface area (Å²) in [5.41, 5.74) is 5.44. The maximum absolute atomic E-state index is 12.9. The largest absolute Gasteiger partial charge is 0.342 e. The van der Waals surface area contributed by atoms with Crippen LogP contribution in [0.4, 0.5) is 0 Å². The van der Waals surface area contributed by atoms with Crippen LogP contribution < -0.4 is 5.32 Å². The Morgan fingerprint density at radius 3 is 2.41 bits per heavy atom. The Morgan fingerprint density at radius 2 is 1.79 bits per heavy atom. The van der Waals surface area contributed by atoms with Gasteiger partial charge in [-0.2, -0.15) is 5.10 Å². The van der Waals surface area contributed by atoms with Gasteiger partial charge >= 0.3 is 0 Å². The van der Waals surface area contributed by atoms with Gasteiger partial charge in [0.15, 0.2) is 0 Å². The fourth-order valence-corrected chi connectivity index (χ4v) is 3.54. The SMILES string of the molecule is Cc1cc(C)n(-c2ccc(C(=O)NC(c3nc4ccccc4[nH]3)C(C)C)cc2)n1. The average molecular weight is 387 g/mol. The van der Waals surface area contributed by atoms with E-state index in [0.717, 1.165) is 33.9 Å². The van der Waals surface area contributed by atoms with E-state index in [-0.39, 0.29) is 17.9 Å². The van der Waals surface area contributed by atoms with Crippen LogP contribution in [0.1, 0.15) is 47.5 Å². The molecule has 2 heterocycles. The lowest BCUT2D eigenvalue weighted by molar-refractivity contribution is 0.0923. The summed E-state index contributed by atoms with van der Waals surface area (Å²) in [5.74, 6) is 0.839. The second kappa shape index (κ2) is 7.54. The van der Waals surface area contributed by atoms with Gasteiger partial charge in [-0.05, 0) is 62.2 Å². The van der Waals surface area contributed by atoms with E-state index in [2.05, 4.69) is 34.2 Å². The molecule has 0 aliphatic heterocycles. The van der Waals surface area contributed by atoms with E-state index < -0.39 is 0 Å². The molecular formula is C23H25N5O. The lowest BCUT2D eigenvalue weighted by atomic mass is 10.0. The number of carbonyl (C=O) groups excluding carboxylic acids is 1. The number of hydrogen-bond acceptors (Lipinski definition) is 3. The van der Waals surface area contributed by atoms with Crippen molar-refractivity contribution in [3.63, 3.8) is 0 Å². The van der Waals surface area contributed by atoms with Crippen LogP contribution >= 0.6 is 0 Å². The molecule has 4 aromatic rings. The Kier molecular flexibility index (Phi) is 4.92. The Balaban J connectivity index is 1.55. The van der Waals surface area contributed by atoms with E-state index in [9.17, 15) is 4.79 Å². The maximum Gasteiger partial charge on any atom is 0.251 e. The predicted molar refractivity (Wildman–Crippen MR) is 114 cm³/mol. The highest BCUT2D eigenvalue weighted by Crippen LogP contribution is 2.23. The van der Waals surface area contributed by atoms with Gasteiger partial charge < -0.3 is 10.3 Å². The van der Waals surface area contributed by atoms with Gasteiger partial charge in [-0.1, -0.05) is 26.0 Å². The van der Waals surface area contributed by atoms with Gasteiger partial charge in [0.2, 0.25) is 0 Å². The molecule has 6 nitrogen and oxygen atoms in total. The average Bonchev–Trinajstić information content (AvgIpc) is 3.28. The third-order valence-corrected chi connectivity index (χ3v) is 5.04. The lowest BCUT2D eigenvalue weighted by Crippen LogP contribution is -2.32. The van der Waals surface area contributed by atoms with Crippen molar-refractivity contribution in [2.24, 2.45) is 5.92 Å². The topological polar surface area (TPSA) is 75.6 Å². The number of imidazole rings is 1. The van der Waals surface area contributed by atoms with Gasteiger partial charge in [-0.25, -0.2) is 9.67 Å². The Hall–Kier alpha value is -3.41. The zero-order valence-electron chi connectivity index (χ0n) is 17.1. The number of aryl methyl sites for hydroxylation is 2. The molecule has 6 heteroatoms. The maximum atomic E-state index is 12.9.